The second kappa shape index (κ2) is 7.01. The third kappa shape index (κ3) is 3.62. The lowest BCUT2D eigenvalue weighted by Gasteiger charge is -2.31. The third-order valence-electron chi connectivity index (χ3n) is 4.38. The van der Waals surface area contributed by atoms with E-state index in [-0.39, 0.29) is 29.4 Å². The van der Waals surface area contributed by atoms with Gasteiger partial charge in [0.2, 0.25) is 20.0 Å². The van der Waals surface area contributed by atoms with Gasteiger partial charge in [0.1, 0.15) is 10.6 Å². The van der Waals surface area contributed by atoms with Gasteiger partial charge in [0.05, 0.1) is 5.25 Å². The largest absolute Gasteiger partial charge is 0.360 e. The van der Waals surface area contributed by atoms with Gasteiger partial charge in [-0.2, -0.15) is 4.31 Å². The van der Waals surface area contributed by atoms with Crippen molar-refractivity contribution in [1.82, 2.24) is 9.46 Å². The molecular formula is C16H21N3O5S2. The summed E-state index contributed by atoms with van der Waals surface area (Å²) in [5.41, 5.74) is 0.730. The maximum atomic E-state index is 12.9. The average Bonchev–Trinajstić information content (AvgIpc) is 2.95. The first kappa shape index (κ1) is 18.9. The molecule has 0 bridgehead atoms. The summed E-state index contributed by atoms with van der Waals surface area (Å²) in [6, 6.07) is 8.55. The van der Waals surface area contributed by atoms with Crippen molar-refractivity contribution in [3.05, 3.63) is 41.8 Å². The van der Waals surface area contributed by atoms with Crippen LogP contribution >= 0.6 is 0 Å². The van der Waals surface area contributed by atoms with E-state index in [0.29, 0.717) is 18.5 Å². The summed E-state index contributed by atoms with van der Waals surface area (Å²) in [5.74, 6) is 0.204. The van der Waals surface area contributed by atoms with Crippen LogP contribution in [0.25, 0.3) is 0 Å². The zero-order valence-corrected chi connectivity index (χ0v) is 16.2. The minimum Gasteiger partial charge on any atom is -0.360 e. The summed E-state index contributed by atoms with van der Waals surface area (Å²) in [6.45, 7) is 3.25. The molecule has 2 aromatic rings. The smallest absolute Gasteiger partial charge is 0.248 e. The maximum absolute atomic E-state index is 12.9. The molecule has 1 N–H and O–H groups in total. The molecular weight excluding hydrogens is 378 g/mol. The Kier molecular flexibility index (Phi) is 5.09. The van der Waals surface area contributed by atoms with Gasteiger partial charge in [-0.15, -0.1) is 0 Å². The molecule has 0 saturated carbocycles. The number of anilines is 1. The summed E-state index contributed by atoms with van der Waals surface area (Å²) >= 11 is 0. The number of nitrogens with one attached hydrogen (secondary N) is 1. The molecule has 3 rings (SSSR count). The average molecular weight is 399 g/mol. The van der Waals surface area contributed by atoms with Crippen molar-refractivity contribution >= 4 is 25.7 Å². The van der Waals surface area contributed by atoms with Crippen molar-refractivity contribution in [3.8, 4) is 0 Å². The molecule has 0 spiro atoms. The van der Waals surface area contributed by atoms with Crippen LogP contribution < -0.4 is 4.72 Å². The summed E-state index contributed by atoms with van der Waals surface area (Å²) in [5, 5.41) is 2.86. The van der Waals surface area contributed by atoms with Crippen LogP contribution in [-0.2, 0) is 20.0 Å². The predicted octanol–water partition coefficient (Wildman–Crippen LogP) is 1.89. The third-order valence-corrected chi connectivity index (χ3v) is 8.27. The maximum Gasteiger partial charge on any atom is 0.248 e. The predicted molar refractivity (Wildman–Crippen MR) is 96.7 cm³/mol. The van der Waals surface area contributed by atoms with Crippen LogP contribution in [0.1, 0.15) is 24.3 Å². The summed E-state index contributed by atoms with van der Waals surface area (Å²) in [4.78, 5) is 0.0200. The van der Waals surface area contributed by atoms with Gasteiger partial charge in [0.25, 0.3) is 0 Å². The summed E-state index contributed by atoms with van der Waals surface area (Å²) in [6.07, 6.45) is 0.860. The van der Waals surface area contributed by atoms with Crippen LogP contribution in [0.3, 0.4) is 0 Å². The van der Waals surface area contributed by atoms with Crippen molar-refractivity contribution in [1.29, 1.82) is 0 Å². The molecule has 1 saturated heterocycles. The Morgan fingerprint density at radius 1 is 1.15 bits per heavy atom. The minimum absolute atomic E-state index is 0.0200. The number of benzene rings is 1. The monoisotopic (exact) mass is 399 g/mol. The molecule has 0 unspecified atom stereocenters. The lowest BCUT2D eigenvalue weighted by molar-refractivity contribution is 0.345. The Bertz CT molecular complexity index is 965. The molecule has 0 amide bonds. The van der Waals surface area contributed by atoms with Crippen LogP contribution in [0, 0.1) is 13.8 Å². The Hall–Kier alpha value is -1.91. The number of hydrogen-bond donors (Lipinski definition) is 1. The standard InChI is InChI=1S/C16H21N3O5S2/c1-12-16(13(2)24-17-12)26(22,23)19-10-6-9-15(11-19)25(20,21)18-14-7-4-3-5-8-14/h3-5,7-8,15,18H,6,9-11H2,1-2H3/t15-/m0/s1. The van der Waals surface area contributed by atoms with E-state index < -0.39 is 25.3 Å². The Balaban J connectivity index is 1.83. The molecule has 8 nitrogen and oxygen atoms in total. The lowest BCUT2D eigenvalue weighted by atomic mass is 10.2. The molecule has 2 heterocycles. The molecule has 10 heteroatoms. The highest BCUT2D eigenvalue weighted by atomic mass is 32.2. The van der Waals surface area contributed by atoms with E-state index in [2.05, 4.69) is 9.88 Å². The fourth-order valence-electron chi connectivity index (χ4n) is 3.10. The molecule has 1 aliphatic heterocycles. The van der Waals surface area contributed by atoms with Crippen molar-refractivity contribution in [3.63, 3.8) is 0 Å². The van der Waals surface area contributed by atoms with E-state index >= 15 is 0 Å². The zero-order valence-electron chi connectivity index (χ0n) is 14.5. The van der Waals surface area contributed by atoms with Gasteiger partial charge in [-0.3, -0.25) is 4.72 Å². The van der Waals surface area contributed by atoms with E-state index in [1.807, 2.05) is 0 Å². The van der Waals surface area contributed by atoms with Gasteiger partial charge in [-0.05, 0) is 38.8 Å². The molecule has 1 fully saturated rings. The van der Waals surface area contributed by atoms with Gasteiger partial charge in [-0.1, -0.05) is 23.4 Å². The van der Waals surface area contributed by atoms with Crippen molar-refractivity contribution in [2.75, 3.05) is 17.8 Å². The zero-order chi connectivity index (χ0) is 18.9. The highest BCUT2D eigenvalue weighted by Crippen LogP contribution is 2.28. The quantitative estimate of drug-likeness (QED) is 0.822. The molecule has 1 aliphatic rings. The molecule has 142 valence electrons. The number of aryl methyl sites for hydroxylation is 2. The Morgan fingerprint density at radius 3 is 2.46 bits per heavy atom. The molecule has 1 atom stereocenters. The highest BCUT2D eigenvalue weighted by Gasteiger charge is 2.38. The van der Waals surface area contributed by atoms with Gasteiger partial charge < -0.3 is 4.52 Å². The first-order chi connectivity index (χ1) is 12.2. The minimum atomic E-state index is -3.86. The summed E-state index contributed by atoms with van der Waals surface area (Å²) in [7, 11) is -7.58. The van der Waals surface area contributed by atoms with Crippen LogP contribution in [0.4, 0.5) is 5.69 Å². The van der Waals surface area contributed by atoms with Crippen LogP contribution in [0.15, 0.2) is 39.8 Å². The molecule has 26 heavy (non-hydrogen) atoms. The van der Waals surface area contributed by atoms with E-state index in [9.17, 15) is 16.8 Å². The number of hydrogen-bond acceptors (Lipinski definition) is 6. The Morgan fingerprint density at radius 2 is 1.85 bits per heavy atom. The van der Waals surface area contributed by atoms with E-state index in [0.717, 1.165) is 0 Å². The van der Waals surface area contributed by atoms with Crippen molar-refractivity contribution in [2.45, 2.75) is 36.8 Å². The SMILES string of the molecule is Cc1noc(C)c1S(=O)(=O)N1CCC[C@H](S(=O)(=O)Nc2ccccc2)C1. The first-order valence-electron chi connectivity index (χ1n) is 8.21. The number of piperidine rings is 1. The number of para-hydroxylation sites is 1. The van der Waals surface area contributed by atoms with E-state index in [1.54, 1.807) is 37.3 Å². The second-order valence-corrected chi connectivity index (χ2v) is 10.1. The van der Waals surface area contributed by atoms with Crippen molar-refractivity contribution < 1.29 is 21.4 Å². The molecule has 1 aromatic heterocycles. The van der Waals surface area contributed by atoms with E-state index in [4.69, 9.17) is 4.52 Å². The van der Waals surface area contributed by atoms with Gasteiger partial charge in [0, 0.05) is 18.8 Å². The van der Waals surface area contributed by atoms with Gasteiger partial charge in [-0.25, -0.2) is 16.8 Å². The van der Waals surface area contributed by atoms with Gasteiger partial charge in [0.15, 0.2) is 5.76 Å². The molecule has 1 aromatic carbocycles. The van der Waals surface area contributed by atoms with Gasteiger partial charge >= 0.3 is 0 Å². The number of rotatable bonds is 5. The number of sulfonamides is 2. The topological polar surface area (TPSA) is 110 Å². The first-order valence-corrected chi connectivity index (χ1v) is 11.2. The fourth-order valence-corrected chi connectivity index (χ4v) is 6.50. The Labute approximate surface area is 153 Å². The van der Waals surface area contributed by atoms with E-state index in [1.165, 1.54) is 11.2 Å². The van der Waals surface area contributed by atoms with Crippen molar-refractivity contribution in [2.24, 2.45) is 0 Å². The molecule has 0 aliphatic carbocycles. The molecule has 0 radical (unpaired) electrons. The lowest BCUT2D eigenvalue weighted by Crippen LogP contribution is -2.46. The second-order valence-electron chi connectivity index (χ2n) is 6.29. The van der Waals surface area contributed by atoms with Crippen LogP contribution in [0.2, 0.25) is 0 Å². The normalized spacial score (nSPS) is 19.4. The fraction of sp³-hybridized carbons (Fsp3) is 0.438. The number of aromatic nitrogens is 1. The van der Waals surface area contributed by atoms with Crippen LogP contribution in [-0.4, -0.2) is 44.6 Å². The highest BCUT2D eigenvalue weighted by molar-refractivity contribution is 7.93. The number of nitrogens with zero attached hydrogens (tertiary/aromatic N) is 2. The summed E-state index contributed by atoms with van der Waals surface area (Å²) < 4.78 is 59.9. The van der Waals surface area contributed by atoms with Crippen LogP contribution in [0.5, 0.6) is 0 Å².